The maximum Gasteiger partial charge on any atom is 0.375 e. The van der Waals surface area contributed by atoms with Crippen molar-refractivity contribution < 1.29 is 9.90 Å². The molecule has 1 heterocycles. The van der Waals surface area contributed by atoms with Gasteiger partial charge in [0.25, 0.3) is 5.82 Å². The van der Waals surface area contributed by atoms with Crippen molar-refractivity contribution in [3.05, 3.63) is 40.4 Å². The van der Waals surface area contributed by atoms with E-state index in [1.165, 1.54) is 4.68 Å². The van der Waals surface area contributed by atoms with E-state index < -0.39 is 5.97 Å². The molecule has 0 radical (unpaired) electrons. The van der Waals surface area contributed by atoms with Crippen molar-refractivity contribution in [2.45, 2.75) is 13.8 Å². The van der Waals surface area contributed by atoms with E-state index >= 15 is 0 Å². The van der Waals surface area contributed by atoms with Crippen LogP contribution in [0.5, 0.6) is 0 Å². The van der Waals surface area contributed by atoms with Gasteiger partial charge >= 0.3 is 5.97 Å². The van der Waals surface area contributed by atoms with Gasteiger partial charge in [-0.1, -0.05) is 17.7 Å². The third-order valence-corrected chi connectivity index (χ3v) is 2.84. The summed E-state index contributed by atoms with van der Waals surface area (Å²) in [7, 11) is 0. The van der Waals surface area contributed by atoms with Crippen molar-refractivity contribution in [2.75, 3.05) is 0 Å². The van der Waals surface area contributed by atoms with Crippen LogP contribution in [0, 0.1) is 13.8 Å². The molecule has 0 atom stereocenters. The first-order valence-electron chi connectivity index (χ1n) is 4.93. The molecule has 2 rings (SSSR count). The lowest BCUT2D eigenvalue weighted by molar-refractivity contribution is 0.0683. The van der Waals surface area contributed by atoms with E-state index in [9.17, 15) is 4.79 Å². The SMILES string of the molecule is Cc1c(Cl)cccc1-n1nc(C(=O)O)nc1C. The standard InChI is InChI=1S/C11H10ClN3O2/c1-6-8(12)4-3-5-9(6)15-7(2)13-10(14-15)11(16)17/h3-5H,1-2H3,(H,16,17). The quantitative estimate of drug-likeness (QED) is 0.889. The molecule has 0 aliphatic heterocycles. The van der Waals surface area contributed by atoms with Crippen LogP contribution in [-0.4, -0.2) is 25.8 Å². The van der Waals surface area contributed by atoms with Gasteiger partial charge in [-0.05, 0) is 31.5 Å². The molecule has 0 aliphatic rings. The minimum absolute atomic E-state index is 0.220. The third kappa shape index (κ3) is 2.01. The first kappa shape index (κ1) is 11.6. The number of aromatic carboxylic acids is 1. The Hall–Kier alpha value is -1.88. The summed E-state index contributed by atoms with van der Waals surface area (Å²) in [6, 6.07) is 5.37. The second-order valence-electron chi connectivity index (χ2n) is 3.58. The lowest BCUT2D eigenvalue weighted by Gasteiger charge is -2.07. The maximum absolute atomic E-state index is 10.8. The molecule has 0 saturated carbocycles. The summed E-state index contributed by atoms with van der Waals surface area (Å²) in [6.07, 6.45) is 0. The summed E-state index contributed by atoms with van der Waals surface area (Å²) >= 11 is 6.01. The zero-order valence-corrected chi connectivity index (χ0v) is 10.1. The van der Waals surface area contributed by atoms with Gasteiger partial charge in [0.05, 0.1) is 5.69 Å². The number of aryl methyl sites for hydroxylation is 1. The molecule has 0 bridgehead atoms. The summed E-state index contributed by atoms with van der Waals surface area (Å²) in [5.41, 5.74) is 1.56. The van der Waals surface area contributed by atoms with Gasteiger partial charge in [0, 0.05) is 5.02 Å². The summed E-state index contributed by atoms with van der Waals surface area (Å²) in [5.74, 6) is -0.860. The highest BCUT2D eigenvalue weighted by atomic mass is 35.5. The molecule has 6 heteroatoms. The monoisotopic (exact) mass is 251 g/mol. The van der Waals surface area contributed by atoms with Gasteiger partial charge in [0.1, 0.15) is 5.82 Å². The molecule has 17 heavy (non-hydrogen) atoms. The number of benzene rings is 1. The molecule has 0 unspecified atom stereocenters. The minimum Gasteiger partial charge on any atom is -0.475 e. The Morgan fingerprint density at radius 3 is 2.71 bits per heavy atom. The molecular formula is C11H10ClN3O2. The summed E-state index contributed by atoms with van der Waals surface area (Å²) in [4.78, 5) is 14.7. The van der Waals surface area contributed by atoms with Crippen molar-refractivity contribution >= 4 is 17.6 Å². The van der Waals surface area contributed by atoms with Gasteiger partial charge in [-0.15, -0.1) is 5.10 Å². The molecule has 0 aliphatic carbocycles. The van der Waals surface area contributed by atoms with Gasteiger partial charge in [-0.2, -0.15) is 0 Å². The van der Waals surface area contributed by atoms with E-state index in [-0.39, 0.29) is 5.82 Å². The number of carboxylic acid groups (broad SMARTS) is 1. The molecule has 1 aromatic heterocycles. The van der Waals surface area contributed by atoms with E-state index in [0.29, 0.717) is 10.8 Å². The molecule has 5 nitrogen and oxygen atoms in total. The van der Waals surface area contributed by atoms with E-state index in [0.717, 1.165) is 11.3 Å². The Balaban J connectivity index is 2.60. The molecule has 2 aromatic rings. The number of carbonyl (C=O) groups is 1. The maximum atomic E-state index is 10.8. The van der Waals surface area contributed by atoms with Crippen LogP contribution >= 0.6 is 11.6 Å². The van der Waals surface area contributed by atoms with Crippen LogP contribution < -0.4 is 0 Å². The molecule has 1 N–H and O–H groups in total. The van der Waals surface area contributed by atoms with E-state index in [2.05, 4.69) is 10.1 Å². The number of halogens is 1. The number of nitrogens with zero attached hydrogens (tertiary/aromatic N) is 3. The van der Waals surface area contributed by atoms with E-state index in [1.807, 2.05) is 13.0 Å². The molecule has 88 valence electrons. The fourth-order valence-corrected chi connectivity index (χ4v) is 1.70. The smallest absolute Gasteiger partial charge is 0.375 e. The molecular weight excluding hydrogens is 242 g/mol. The Morgan fingerprint density at radius 1 is 1.41 bits per heavy atom. The van der Waals surface area contributed by atoms with Crippen LogP contribution in [0.4, 0.5) is 0 Å². The Morgan fingerprint density at radius 2 is 2.12 bits per heavy atom. The fourth-order valence-electron chi connectivity index (χ4n) is 1.53. The fraction of sp³-hybridized carbons (Fsp3) is 0.182. The average molecular weight is 252 g/mol. The molecule has 0 fully saturated rings. The number of hydrogen-bond donors (Lipinski definition) is 1. The number of carboxylic acids is 1. The lowest BCUT2D eigenvalue weighted by atomic mass is 10.2. The second kappa shape index (κ2) is 4.18. The highest BCUT2D eigenvalue weighted by molar-refractivity contribution is 6.31. The lowest BCUT2D eigenvalue weighted by Crippen LogP contribution is -2.04. The Bertz CT molecular complexity index is 592. The number of rotatable bonds is 2. The van der Waals surface area contributed by atoms with Gasteiger partial charge in [0.2, 0.25) is 0 Å². The van der Waals surface area contributed by atoms with Crippen molar-refractivity contribution in [1.82, 2.24) is 14.8 Å². The van der Waals surface area contributed by atoms with Gasteiger partial charge < -0.3 is 5.11 Å². The first-order valence-corrected chi connectivity index (χ1v) is 5.31. The van der Waals surface area contributed by atoms with E-state index in [4.69, 9.17) is 16.7 Å². The summed E-state index contributed by atoms with van der Waals surface area (Å²) < 4.78 is 1.48. The van der Waals surface area contributed by atoms with E-state index in [1.54, 1.807) is 19.1 Å². The van der Waals surface area contributed by atoms with Crippen LogP contribution in [0.25, 0.3) is 5.69 Å². The van der Waals surface area contributed by atoms with Crippen molar-refractivity contribution in [3.63, 3.8) is 0 Å². The number of hydrogen-bond acceptors (Lipinski definition) is 3. The zero-order valence-electron chi connectivity index (χ0n) is 9.31. The first-order chi connectivity index (χ1) is 8.00. The Labute approximate surface area is 103 Å². The van der Waals surface area contributed by atoms with Crippen LogP contribution in [0.1, 0.15) is 22.0 Å². The predicted octanol–water partition coefficient (Wildman–Crippen LogP) is 2.24. The summed E-state index contributed by atoms with van der Waals surface area (Å²) in [5, 5.41) is 13.4. The normalized spacial score (nSPS) is 10.5. The van der Waals surface area contributed by atoms with Crippen molar-refractivity contribution in [2.24, 2.45) is 0 Å². The third-order valence-electron chi connectivity index (χ3n) is 2.43. The second-order valence-corrected chi connectivity index (χ2v) is 3.99. The molecule has 0 saturated heterocycles. The topological polar surface area (TPSA) is 68.0 Å². The molecule has 1 aromatic carbocycles. The van der Waals surface area contributed by atoms with Crippen LogP contribution in [0.15, 0.2) is 18.2 Å². The van der Waals surface area contributed by atoms with Crippen molar-refractivity contribution in [3.8, 4) is 5.69 Å². The highest BCUT2D eigenvalue weighted by Crippen LogP contribution is 2.22. The molecule has 0 amide bonds. The summed E-state index contributed by atoms with van der Waals surface area (Å²) in [6.45, 7) is 3.54. The van der Waals surface area contributed by atoms with Gasteiger partial charge in [-0.3, -0.25) is 0 Å². The molecule has 0 spiro atoms. The highest BCUT2D eigenvalue weighted by Gasteiger charge is 2.15. The minimum atomic E-state index is -1.15. The average Bonchev–Trinajstić information content (AvgIpc) is 2.65. The Kier molecular flexibility index (Phi) is 2.85. The van der Waals surface area contributed by atoms with Crippen LogP contribution in [0.2, 0.25) is 5.02 Å². The predicted molar refractivity (Wildman–Crippen MR) is 62.8 cm³/mol. The van der Waals surface area contributed by atoms with Gasteiger partial charge in [0.15, 0.2) is 0 Å². The number of aromatic nitrogens is 3. The van der Waals surface area contributed by atoms with Crippen molar-refractivity contribution in [1.29, 1.82) is 0 Å². The zero-order chi connectivity index (χ0) is 12.6. The van der Waals surface area contributed by atoms with Crippen LogP contribution in [-0.2, 0) is 0 Å². The van der Waals surface area contributed by atoms with Gasteiger partial charge in [-0.25, -0.2) is 14.5 Å². The largest absolute Gasteiger partial charge is 0.475 e. The van der Waals surface area contributed by atoms with Crippen LogP contribution in [0.3, 0.4) is 0 Å².